The van der Waals surface area contributed by atoms with Crippen LogP contribution in [0.4, 0.5) is 0 Å². The lowest BCUT2D eigenvalue weighted by Gasteiger charge is -2.25. The Morgan fingerprint density at radius 3 is 2.22 bits per heavy atom. The molecule has 2 bridgehead atoms. The van der Waals surface area contributed by atoms with E-state index >= 15 is 0 Å². The standard InChI is InChI=1S/C17H28O4S2/c1-3-5-10-22(18,19)12-9-16-14-7-8-15(13-14)17(16)23(20,21)11-6-4-2/h7-9,12,14-17H,3-6,10-11,13H2,1-2H3/b12-9+/t14-,15-,16-,17+/m0/s1. The predicted octanol–water partition coefficient (Wildman–Crippen LogP) is 3.12. The third-order valence-corrected chi connectivity index (χ3v) is 8.71. The molecule has 2 rings (SSSR count). The van der Waals surface area contributed by atoms with Crippen molar-refractivity contribution in [3.05, 3.63) is 23.6 Å². The molecular weight excluding hydrogens is 332 g/mol. The van der Waals surface area contributed by atoms with Gasteiger partial charge in [-0.25, -0.2) is 16.8 Å². The maximum atomic E-state index is 12.7. The third kappa shape index (κ3) is 4.47. The summed E-state index contributed by atoms with van der Waals surface area (Å²) >= 11 is 0. The van der Waals surface area contributed by atoms with Crippen molar-refractivity contribution in [2.24, 2.45) is 17.8 Å². The Morgan fingerprint density at radius 2 is 1.57 bits per heavy atom. The van der Waals surface area contributed by atoms with Gasteiger partial charge in [0.2, 0.25) is 0 Å². The fourth-order valence-corrected chi connectivity index (χ4v) is 7.40. The fourth-order valence-electron chi connectivity index (χ4n) is 3.68. The summed E-state index contributed by atoms with van der Waals surface area (Å²) in [6.45, 7) is 3.93. The Morgan fingerprint density at radius 1 is 0.957 bits per heavy atom. The van der Waals surface area contributed by atoms with E-state index in [1.807, 2.05) is 19.9 Å². The van der Waals surface area contributed by atoms with E-state index in [0.717, 1.165) is 19.3 Å². The number of unbranched alkanes of at least 4 members (excludes halogenated alkanes) is 2. The smallest absolute Gasteiger partial charge is 0.171 e. The first kappa shape index (κ1) is 18.7. The molecule has 0 saturated heterocycles. The van der Waals surface area contributed by atoms with E-state index in [9.17, 15) is 16.8 Å². The molecule has 4 nitrogen and oxygen atoms in total. The van der Waals surface area contributed by atoms with Crippen LogP contribution in [0.25, 0.3) is 0 Å². The summed E-state index contributed by atoms with van der Waals surface area (Å²) in [5, 5.41) is 0.825. The van der Waals surface area contributed by atoms with Gasteiger partial charge in [-0.1, -0.05) is 44.9 Å². The van der Waals surface area contributed by atoms with Crippen molar-refractivity contribution in [1.82, 2.24) is 0 Å². The van der Waals surface area contributed by atoms with Crippen molar-refractivity contribution in [3.8, 4) is 0 Å². The summed E-state index contributed by atoms with van der Waals surface area (Å²) < 4.78 is 49.4. The molecule has 0 aromatic rings. The van der Waals surface area contributed by atoms with E-state index in [1.54, 1.807) is 6.08 Å². The van der Waals surface area contributed by atoms with Crippen LogP contribution in [-0.2, 0) is 19.7 Å². The van der Waals surface area contributed by atoms with Crippen LogP contribution in [0, 0.1) is 17.8 Å². The molecule has 0 radical (unpaired) electrons. The lowest BCUT2D eigenvalue weighted by molar-refractivity contribution is 0.513. The van der Waals surface area contributed by atoms with Gasteiger partial charge in [-0.05, 0) is 31.1 Å². The third-order valence-electron chi connectivity index (χ3n) is 4.93. The summed E-state index contributed by atoms with van der Waals surface area (Å²) in [5.74, 6) is 0.374. The second kappa shape index (κ2) is 7.51. The van der Waals surface area contributed by atoms with Gasteiger partial charge in [-0.3, -0.25) is 0 Å². The van der Waals surface area contributed by atoms with E-state index in [-0.39, 0.29) is 29.3 Å². The number of allylic oxidation sites excluding steroid dienone is 3. The van der Waals surface area contributed by atoms with E-state index in [4.69, 9.17) is 0 Å². The molecule has 0 aliphatic heterocycles. The molecule has 4 atom stereocenters. The molecular formula is C17H28O4S2. The summed E-state index contributed by atoms with van der Waals surface area (Å²) in [4.78, 5) is 0. The molecule has 6 heteroatoms. The number of rotatable bonds is 9. The Kier molecular flexibility index (Phi) is 6.11. The molecule has 0 unspecified atom stereocenters. The van der Waals surface area contributed by atoms with Crippen LogP contribution in [0.3, 0.4) is 0 Å². The highest BCUT2D eigenvalue weighted by Crippen LogP contribution is 2.48. The van der Waals surface area contributed by atoms with E-state index in [0.29, 0.717) is 12.8 Å². The minimum Gasteiger partial charge on any atom is -0.229 e. The van der Waals surface area contributed by atoms with Crippen molar-refractivity contribution >= 4 is 19.7 Å². The first-order valence-corrected chi connectivity index (χ1v) is 12.0. The Labute approximate surface area is 140 Å². The number of hydrogen-bond donors (Lipinski definition) is 0. The Hall–Kier alpha value is -0.620. The van der Waals surface area contributed by atoms with Gasteiger partial charge in [0.05, 0.1) is 16.8 Å². The Balaban J connectivity index is 2.18. The summed E-state index contributed by atoms with van der Waals surface area (Å²) in [7, 11) is -6.42. The lowest BCUT2D eigenvalue weighted by Crippen LogP contribution is -2.34. The monoisotopic (exact) mass is 360 g/mol. The molecule has 1 fully saturated rings. The quantitative estimate of drug-likeness (QED) is 0.593. The van der Waals surface area contributed by atoms with Crippen LogP contribution in [0.2, 0.25) is 0 Å². The largest absolute Gasteiger partial charge is 0.229 e. The van der Waals surface area contributed by atoms with Crippen LogP contribution in [0.15, 0.2) is 23.6 Å². The van der Waals surface area contributed by atoms with Crippen LogP contribution in [-0.4, -0.2) is 33.6 Å². The molecule has 0 aromatic carbocycles. The molecule has 0 amide bonds. The predicted molar refractivity (Wildman–Crippen MR) is 94.5 cm³/mol. The highest BCUT2D eigenvalue weighted by Gasteiger charge is 2.49. The number of hydrogen-bond acceptors (Lipinski definition) is 4. The zero-order valence-electron chi connectivity index (χ0n) is 14.0. The topological polar surface area (TPSA) is 68.3 Å². The summed E-state index contributed by atoms with van der Waals surface area (Å²) in [5.41, 5.74) is 0. The van der Waals surface area contributed by atoms with Crippen molar-refractivity contribution in [2.45, 2.75) is 51.2 Å². The average molecular weight is 361 g/mol. The zero-order valence-corrected chi connectivity index (χ0v) is 15.7. The van der Waals surface area contributed by atoms with Gasteiger partial charge in [-0.2, -0.15) is 0 Å². The second-order valence-corrected chi connectivity index (χ2v) is 11.0. The lowest BCUT2D eigenvalue weighted by atomic mass is 9.93. The minimum atomic E-state index is -3.23. The maximum absolute atomic E-state index is 12.7. The molecule has 1 saturated carbocycles. The van der Waals surface area contributed by atoms with E-state index in [2.05, 4.69) is 6.08 Å². The molecule has 2 aliphatic carbocycles. The highest BCUT2D eigenvalue weighted by molar-refractivity contribution is 7.94. The van der Waals surface area contributed by atoms with Gasteiger partial charge in [0.1, 0.15) is 0 Å². The van der Waals surface area contributed by atoms with Crippen LogP contribution in [0.5, 0.6) is 0 Å². The minimum absolute atomic E-state index is 0.0508. The van der Waals surface area contributed by atoms with Crippen molar-refractivity contribution in [3.63, 3.8) is 0 Å². The fraction of sp³-hybridized carbons (Fsp3) is 0.765. The van der Waals surface area contributed by atoms with Crippen molar-refractivity contribution in [2.75, 3.05) is 11.5 Å². The van der Waals surface area contributed by atoms with E-state index < -0.39 is 24.9 Å². The molecule has 23 heavy (non-hydrogen) atoms. The molecule has 0 heterocycles. The van der Waals surface area contributed by atoms with Gasteiger partial charge in [-0.15, -0.1) is 0 Å². The zero-order chi connectivity index (χ0) is 17.1. The normalized spacial score (nSPS) is 30.5. The second-order valence-electron chi connectivity index (χ2n) is 6.76. The Bertz CT molecular complexity index is 659. The van der Waals surface area contributed by atoms with Crippen LogP contribution < -0.4 is 0 Å². The molecule has 0 N–H and O–H groups in total. The van der Waals surface area contributed by atoms with Crippen molar-refractivity contribution < 1.29 is 16.8 Å². The van der Waals surface area contributed by atoms with Gasteiger partial charge < -0.3 is 0 Å². The van der Waals surface area contributed by atoms with Crippen LogP contribution >= 0.6 is 0 Å². The molecule has 2 aliphatic rings. The van der Waals surface area contributed by atoms with E-state index in [1.165, 1.54) is 5.41 Å². The first-order valence-electron chi connectivity index (χ1n) is 8.61. The molecule has 0 aromatic heterocycles. The highest BCUT2D eigenvalue weighted by atomic mass is 32.2. The van der Waals surface area contributed by atoms with Gasteiger partial charge in [0.25, 0.3) is 0 Å². The maximum Gasteiger partial charge on any atom is 0.171 e. The van der Waals surface area contributed by atoms with Gasteiger partial charge in [0, 0.05) is 11.3 Å². The summed E-state index contributed by atoms with van der Waals surface area (Å²) in [6, 6.07) is 0. The molecule has 132 valence electrons. The molecule has 0 spiro atoms. The van der Waals surface area contributed by atoms with Gasteiger partial charge >= 0.3 is 0 Å². The SMILES string of the molecule is CCCCS(=O)(=O)/C=C/[C@@H]1[C@H](S(=O)(=O)CCCC)[C@H]2C=C[C@H]1C2. The van der Waals surface area contributed by atoms with Crippen LogP contribution in [0.1, 0.15) is 46.0 Å². The average Bonchev–Trinajstić information content (AvgIpc) is 3.10. The van der Waals surface area contributed by atoms with Gasteiger partial charge in [0.15, 0.2) is 19.7 Å². The van der Waals surface area contributed by atoms with Crippen molar-refractivity contribution in [1.29, 1.82) is 0 Å². The first-order chi connectivity index (χ1) is 10.8. The summed E-state index contributed by atoms with van der Waals surface area (Å²) in [6.07, 6.45) is 9.55. The number of fused-ring (bicyclic) bond motifs is 2. The number of sulfone groups is 2.